The number of ether oxygens (including phenoxy) is 2. The molecule has 2 heterocycles. The molecule has 5 rings (SSSR count). The van der Waals surface area contributed by atoms with Gasteiger partial charge in [0.15, 0.2) is 0 Å². The summed E-state index contributed by atoms with van der Waals surface area (Å²) >= 11 is 0. The molecule has 0 aromatic heterocycles. The molecular formula is C31H37F6NO3. The van der Waals surface area contributed by atoms with Crippen molar-refractivity contribution in [2.24, 2.45) is 11.8 Å². The van der Waals surface area contributed by atoms with Gasteiger partial charge in [-0.05, 0) is 81.7 Å². The molecule has 3 atom stereocenters. The van der Waals surface area contributed by atoms with Gasteiger partial charge in [-0.15, -0.1) is 0 Å². The summed E-state index contributed by atoms with van der Waals surface area (Å²) in [5, 5.41) is 0.501. The van der Waals surface area contributed by atoms with E-state index in [1.54, 1.807) is 24.3 Å². The number of nitrogens with zero attached hydrogens (tertiary/aromatic N) is 1. The number of alkyl halides is 6. The number of carbonyl (C=O) groups is 1. The van der Waals surface area contributed by atoms with Gasteiger partial charge in [0.2, 0.25) is 0 Å². The fourth-order valence-corrected chi connectivity index (χ4v) is 6.93. The Labute approximate surface area is 236 Å². The van der Waals surface area contributed by atoms with Crippen LogP contribution in [0.15, 0.2) is 30.3 Å². The van der Waals surface area contributed by atoms with Gasteiger partial charge in [0.05, 0.1) is 24.0 Å². The summed E-state index contributed by atoms with van der Waals surface area (Å²) in [4.78, 5) is 14.9. The summed E-state index contributed by atoms with van der Waals surface area (Å²) < 4.78 is 94.6. The Morgan fingerprint density at radius 2 is 1.61 bits per heavy atom. The predicted molar refractivity (Wildman–Crippen MR) is 142 cm³/mol. The van der Waals surface area contributed by atoms with Gasteiger partial charge < -0.3 is 9.47 Å². The van der Waals surface area contributed by atoms with Gasteiger partial charge in [0.25, 0.3) is 0 Å². The maximum absolute atomic E-state index is 14.7. The summed E-state index contributed by atoms with van der Waals surface area (Å²) in [6.45, 7) is 4.13. The van der Waals surface area contributed by atoms with Crippen molar-refractivity contribution < 1.29 is 40.6 Å². The first kappa shape index (κ1) is 30.0. The van der Waals surface area contributed by atoms with Gasteiger partial charge in [0.1, 0.15) is 11.3 Å². The van der Waals surface area contributed by atoms with Crippen LogP contribution in [0.3, 0.4) is 0 Å². The molecule has 0 radical (unpaired) electrons. The molecule has 2 aromatic carbocycles. The van der Waals surface area contributed by atoms with Crippen LogP contribution in [-0.2, 0) is 22.3 Å². The number of rotatable bonds is 7. The van der Waals surface area contributed by atoms with E-state index in [-0.39, 0.29) is 66.9 Å². The van der Waals surface area contributed by atoms with E-state index in [0.29, 0.717) is 30.3 Å². The SMILES string of the molecule is CCC(C)OC(=O)C1CC2CCC(C1)N2Cc1cccc2ccc(OC3CCC(C(F)(F)F)CC3)c(C(F)(F)F)c12. The lowest BCUT2D eigenvalue weighted by Gasteiger charge is -2.38. The van der Waals surface area contributed by atoms with Crippen LogP contribution in [0.25, 0.3) is 10.8 Å². The number of carbonyl (C=O) groups excluding carboxylic acids is 1. The highest BCUT2D eigenvalue weighted by molar-refractivity contribution is 5.91. The smallest absolute Gasteiger partial charge is 0.420 e. The Kier molecular flexibility index (Phi) is 8.52. The summed E-state index contributed by atoms with van der Waals surface area (Å²) in [6.07, 6.45) is -6.34. The molecule has 4 nitrogen and oxygen atoms in total. The highest BCUT2D eigenvalue weighted by Gasteiger charge is 2.45. The molecule has 2 bridgehead atoms. The van der Waals surface area contributed by atoms with Gasteiger partial charge >= 0.3 is 18.3 Å². The normalized spacial score (nSPS) is 28.0. The van der Waals surface area contributed by atoms with Crippen molar-refractivity contribution in [3.05, 3.63) is 41.5 Å². The maximum Gasteiger partial charge on any atom is 0.420 e. The number of hydrogen-bond acceptors (Lipinski definition) is 4. The van der Waals surface area contributed by atoms with Gasteiger partial charge in [0, 0.05) is 24.0 Å². The standard InChI is InChI=1S/C31H37F6NO3/c1-3-18(2)40-29(39)21-15-23-10-11-24(16-21)38(23)17-20-6-4-5-19-7-14-26(28(27(19)20)31(35,36)37)41-25-12-8-22(9-13-25)30(32,33)34/h4-7,14,18,21-25H,3,8-13,15-17H2,1-2H3. The average Bonchev–Trinajstić information content (AvgIpc) is 3.13. The Morgan fingerprint density at radius 1 is 0.951 bits per heavy atom. The van der Waals surface area contributed by atoms with Crippen LogP contribution in [0.5, 0.6) is 5.75 Å². The van der Waals surface area contributed by atoms with Gasteiger partial charge in [-0.25, -0.2) is 0 Å². The first-order valence-electron chi connectivity index (χ1n) is 14.7. The highest BCUT2D eigenvalue weighted by Crippen LogP contribution is 2.46. The Hall–Kier alpha value is -2.49. The van der Waals surface area contributed by atoms with Crippen molar-refractivity contribution in [2.45, 2.75) is 115 Å². The van der Waals surface area contributed by atoms with Crippen molar-refractivity contribution in [3.63, 3.8) is 0 Å². The zero-order valence-corrected chi connectivity index (χ0v) is 23.4. The van der Waals surface area contributed by atoms with Crippen molar-refractivity contribution >= 4 is 16.7 Å². The Balaban J connectivity index is 1.39. The van der Waals surface area contributed by atoms with E-state index >= 15 is 0 Å². The molecular weight excluding hydrogens is 548 g/mol. The van der Waals surface area contributed by atoms with E-state index < -0.39 is 29.9 Å². The van der Waals surface area contributed by atoms with E-state index in [4.69, 9.17) is 9.47 Å². The van der Waals surface area contributed by atoms with Crippen LogP contribution in [0, 0.1) is 11.8 Å². The maximum atomic E-state index is 14.7. The summed E-state index contributed by atoms with van der Waals surface area (Å²) in [6, 6.07) is 8.14. The Morgan fingerprint density at radius 3 is 2.20 bits per heavy atom. The molecule has 41 heavy (non-hydrogen) atoms. The molecule has 3 fully saturated rings. The second kappa shape index (κ2) is 11.7. The number of esters is 1. The van der Waals surface area contributed by atoms with Crippen LogP contribution >= 0.6 is 0 Å². The van der Waals surface area contributed by atoms with Crippen molar-refractivity contribution in [1.82, 2.24) is 4.90 Å². The molecule has 3 unspecified atom stereocenters. The lowest BCUT2D eigenvalue weighted by Crippen LogP contribution is -2.44. The quantitative estimate of drug-likeness (QED) is 0.242. The Bertz CT molecular complexity index is 1220. The zero-order chi connectivity index (χ0) is 29.5. The van der Waals surface area contributed by atoms with Crippen molar-refractivity contribution in [3.8, 4) is 5.75 Å². The van der Waals surface area contributed by atoms with Crippen LogP contribution in [0.1, 0.15) is 82.8 Å². The third kappa shape index (κ3) is 6.47. The van der Waals surface area contributed by atoms with Gasteiger partial charge in [-0.3, -0.25) is 9.69 Å². The molecule has 1 aliphatic carbocycles. The fourth-order valence-electron chi connectivity index (χ4n) is 6.93. The molecule has 1 saturated carbocycles. The lowest BCUT2D eigenvalue weighted by molar-refractivity contribution is -0.185. The third-order valence-electron chi connectivity index (χ3n) is 9.27. The third-order valence-corrected chi connectivity index (χ3v) is 9.27. The van der Waals surface area contributed by atoms with Gasteiger partial charge in [-0.1, -0.05) is 31.2 Å². The van der Waals surface area contributed by atoms with Gasteiger partial charge in [-0.2, -0.15) is 26.3 Å². The number of fused-ring (bicyclic) bond motifs is 3. The van der Waals surface area contributed by atoms with Crippen LogP contribution in [-0.4, -0.2) is 41.3 Å². The minimum atomic E-state index is -4.72. The van der Waals surface area contributed by atoms with E-state index in [2.05, 4.69) is 4.90 Å². The van der Waals surface area contributed by atoms with Crippen molar-refractivity contribution in [1.29, 1.82) is 0 Å². The van der Waals surface area contributed by atoms with Crippen LogP contribution in [0.2, 0.25) is 0 Å². The molecule has 226 valence electrons. The molecule has 2 aromatic rings. The van der Waals surface area contributed by atoms with Crippen LogP contribution in [0.4, 0.5) is 26.3 Å². The topological polar surface area (TPSA) is 38.8 Å². The van der Waals surface area contributed by atoms with Crippen LogP contribution < -0.4 is 4.74 Å². The summed E-state index contributed by atoms with van der Waals surface area (Å²) in [7, 11) is 0. The first-order valence-corrected chi connectivity index (χ1v) is 14.7. The molecule has 0 spiro atoms. The molecule has 2 saturated heterocycles. The molecule has 3 aliphatic rings. The lowest BCUT2D eigenvalue weighted by atomic mass is 9.87. The number of piperidine rings is 1. The van der Waals surface area contributed by atoms with E-state index in [1.807, 2.05) is 13.8 Å². The molecule has 0 N–H and O–H groups in total. The molecule has 10 heteroatoms. The monoisotopic (exact) mass is 585 g/mol. The largest absolute Gasteiger partial charge is 0.490 e. The highest BCUT2D eigenvalue weighted by atomic mass is 19.4. The van der Waals surface area contributed by atoms with E-state index in [1.165, 1.54) is 6.07 Å². The summed E-state index contributed by atoms with van der Waals surface area (Å²) in [5.74, 6) is -2.17. The summed E-state index contributed by atoms with van der Waals surface area (Å²) in [5.41, 5.74) is -0.346. The van der Waals surface area contributed by atoms with E-state index in [9.17, 15) is 31.1 Å². The number of halogens is 6. The van der Waals surface area contributed by atoms with E-state index in [0.717, 1.165) is 19.3 Å². The second-order valence-corrected chi connectivity index (χ2v) is 12.0. The van der Waals surface area contributed by atoms with Crippen molar-refractivity contribution in [2.75, 3.05) is 0 Å². The number of hydrogen-bond donors (Lipinski definition) is 0. The average molecular weight is 586 g/mol. The number of benzene rings is 2. The zero-order valence-electron chi connectivity index (χ0n) is 23.4. The fraction of sp³-hybridized carbons (Fsp3) is 0.645. The second-order valence-electron chi connectivity index (χ2n) is 12.0. The predicted octanol–water partition coefficient (Wildman–Crippen LogP) is 8.44. The molecule has 2 aliphatic heterocycles. The first-order chi connectivity index (χ1) is 19.3. The minimum Gasteiger partial charge on any atom is -0.490 e. The molecule has 0 amide bonds. The minimum absolute atomic E-state index is 0.0545.